The van der Waals surface area contributed by atoms with Gasteiger partial charge in [-0.15, -0.1) is 0 Å². The molecule has 0 saturated carbocycles. The molecule has 0 spiro atoms. The largest absolute Gasteiger partial charge is 0.480 e. The number of benzene rings is 1. The molecule has 0 aliphatic heterocycles. The number of aliphatic hydroxyl groups is 1. The second kappa shape index (κ2) is 11.9. The zero-order valence-electron chi connectivity index (χ0n) is 17.3. The van der Waals surface area contributed by atoms with E-state index in [-0.39, 0.29) is 12.3 Å². The Morgan fingerprint density at radius 1 is 0.967 bits per heavy atom. The average Bonchev–Trinajstić information content (AvgIpc) is 2.69. The highest BCUT2D eigenvalue weighted by Gasteiger charge is 2.31. The van der Waals surface area contributed by atoms with Crippen LogP contribution in [0.1, 0.15) is 26.3 Å². The molecule has 3 amide bonds. The predicted octanol–water partition coefficient (Wildman–Crippen LogP) is -1.24. The molecule has 1 aromatic rings. The van der Waals surface area contributed by atoms with E-state index in [1.165, 1.54) is 6.92 Å². The molecule has 10 nitrogen and oxygen atoms in total. The summed E-state index contributed by atoms with van der Waals surface area (Å²) in [5.74, 6) is -3.52. The Bertz CT molecular complexity index is 738. The third kappa shape index (κ3) is 8.18. The van der Waals surface area contributed by atoms with Gasteiger partial charge in [0.2, 0.25) is 17.7 Å². The molecule has 0 bridgehead atoms. The van der Waals surface area contributed by atoms with Crippen LogP contribution in [0.5, 0.6) is 0 Å². The fraction of sp³-hybridized carbons (Fsp3) is 0.500. The second-order valence-corrected chi connectivity index (χ2v) is 7.36. The Kier molecular flexibility index (Phi) is 9.93. The number of nitrogens with one attached hydrogen (secondary N) is 3. The molecule has 1 aromatic carbocycles. The van der Waals surface area contributed by atoms with Crippen LogP contribution in [0.15, 0.2) is 30.3 Å². The van der Waals surface area contributed by atoms with Gasteiger partial charge in [0.25, 0.3) is 0 Å². The van der Waals surface area contributed by atoms with Gasteiger partial charge in [0.1, 0.15) is 18.6 Å². The van der Waals surface area contributed by atoms with E-state index >= 15 is 0 Å². The van der Waals surface area contributed by atoms with Crippen molar-refractivity contribution in [3.05, 3.63) is 35.9 Å². The van der Waals surface area contributed by atoms with E-state index in [0.717, 1.165) is 5.56 Å². The molecule has 10 heteroatoms. The minimum atomic E-state index is -1.34. The fourth-order valence-corrected chi connectivity index (χ4v) is 2.56. The van der Waals surface area contributed by atoms with Gasteiger partial charge in [-0.1, -0.05) is 44.2 Å². The van der Waals surface area contributed by atoms with Crippen molar-refractivity contribution in [1.29, 1.82) is 0 Å². The van der Waals surface area contributed by atoms with E-state index in [4.69, 9.17) is 10.8 Å². The van der Waals surface area contributed by atoms with Gasteiger partial charge in [0.15, 0.2) is 0 Å². The number of nitrogens with two attached hydrogens (primary N) is 1. The summed E-state index contributed by atoms with van der Waals surface area (Å²) in [5, 5.41) is 25.9. The number of hydrogen-bond donors (Lipinski definition) is 6. The van der Waals surface area contributed by atoms with Crippen LogP contribution in [0.3, 0.4) is 0 Å². The van der Waals surface area contributed by atoms with E-state index in [1.807, 2.05) is 0 Å². The molecule has 4 atom stereocenters. The summed E-state index contributed by atoms with van der Waals surface area (Å²) in [4.78, 5) is 48.1. The van der Waals surface area contributed by atoms with Crippen molar-refractivity contribution < 1.29 is 29.4 Å². The fourth-order valence-electron chi connectivity index (χ4n) is 2.56. The van der Waals surface area contributed by atoms with Crippen LogP contribution in [0.2, 0.25) is 0 Å². The number of carbonyl (C=O) groups is 4. The van der Waals surface area contributed by atoms with Crippen molar-refractivity contribution in [1.82, 2.24) is 16.0 Å². The van der Waals surface area contributed by atoms with Crippen LogP contribution >= 0.6 is 0 Å². The molecule has 0 heterocycles. The number of carbonyl (C=O) groups excluding carboxylic acids is 3. The van der Waals surface area contributed by atoms with Crippen LogP contribution in [0.4, 0.5) is 0 Å². The van der Waals surface area contributed by atoms with Gasteiger partial charge in [0.05, 0.1) is 12.1 Å². The number of aliphatic carboxylic acids is 1. The Labute approximate surface area is 175 Å². The molecule has 0 radical (unpaired) electrons. The van der Waals surface area contributed by atoms with Crippen molar-refractivity contribution in [2.75, 3.05) is 6.54 Å². The lowest BCUT2D eigenvalue weighted by Gasteiger charge is -2.26. The highest BCUT2D eigenvalue weighted by Crippen LogP contribution is 2.06. The molecule has 166 valence electrons. The van der Waals surface area contributed by atoms with Crippen molar-refractivity contribution in [3.8, 4) is 0 Å². The van der Waals surface area contributed by atoms with Gasteiger partial charge in [0, 0.05) is 6.42 Å². The Balaban J connectivity index is 2.96. The normalized spacial score (nSPS) is 14.9. The summed E-state index contributed by atoms with van der Waals surface area (Å²) in [7, 11) is 0. The molecule has 0 saturated heterocycles. The van der Waals surface area contributed by atoms with Crippen LogP contribution in [0, 0.1) is 5.92 Å². The molecule has 0 fully saturated rings. The minimum absolute atomic E-state index is 0.0873. The lowest BCUT2D eigenvalue weighted by molar-refractivity contribution is -0.138. The van der Waals surface area contributed by atoms with Gasteiger partial charge < -0.3 is 31.9 Å². The summed E-state index contributed by atoms with van der Waals surface area (Å²) >= 11 is 0. The molecule has 7 N–H and O–H groups in total. The average molecular weight is 422 g/mol. The van der Waals surface area contributed by atoms with E-state index < -0.39 is 54.5 Å². The molecule has 4 unspecified atom stereocenters. The standard InChI is InChI=1S/C20H30N4O6/c1-11(2)16(21)19(29)24-17(12(3)25)20(30)23-14(18(28)22-10-15(26)27)9-13-7-5-4-6-8-13/h4-8,11-12,14,16-17,25H,9-10,21H2,1-3H3,(H,22,28)(H,23,30)(H,24,29)(H,26,27). The summed E-state index contributed by atoms with van der Waals surface area (Å²) in [5.41, 5.74) is 6.51. The van der Waals surface area contributed by atoms with Gasteiger partial charge in [-0.05, 0) is 18.4 Å². The Hall–Kier alpha value is -2.98. The maximum atomic E-state index is 12.7. The SMILES string of the molecule is CC(C)C(N)C(=O)NC(C(=O)NC(Cc1ccccc1)C(=O)NCC(=O)O)C(C)O. The molecule has 0 aliphatic rings. The van der Waals surface area contributed by atoms with Gasteiger partial charge >= 0.3 is 5.97 Å². The van der Waals surface area contributed by atoms with Crippen LogP contribution in [-0.4, -0.2) is 64.7 Å². The maximum absolute atomic E-state index is 12.7. The van der Waals surface area contributed by atoms with Crippen LogP contribution < -0.4 is 21.7 Å². The van der Waals surface area contributed by atoms with E-state index in [2.05, 4.69) is 16.0 Å². The summed E-state index contributed by atoms with van der Waals surface area (Å²) < 4.78 is 0. The predicted molar refractivity (Wildman–Crippen MR) is 109 cm³/mol. The quantitative estimate of drug-likeness (QED) is 0.259. The first kappa shape index (κ1) is 25.1. The summed E-state index contributed by atoms with van der Waals surface area (Å²) in [6, 6.07) is 5.48. The highest BCUT2D eigenvalue weighted by molar-refractivity contribution is 5.94. The molecular weight excluding hydrogens is 392 g/mol. The monoisotopic (exact) mass is 422 g/mol. The number of carboxylic acids is 1. The molecular formula is C20H30N4O6. The molecule has 0 aromatic heterocycles. The summed E-state index contributed by atoms with van der Waals surface area (Å²) in [6.45, 7) is 4.19. The number of hydrogen-bond acceptors (Lipinski definition) is 6. The van der Waals surface area contributed by atoms with E-state index in [1.54, 1.807) is 44.2 Å². The first-order chi connectivity index (χ1) is 14.0. The minimum Gasteiger partial charge on any atom is -0.480 e. The lowest BCUT2D eigenvalue weighted by Crippen LogP contribution is -2.60. The van der Waals surface area contributed by atoms with Gasteiger partial charge in [-0.25, -0.2) is 0 Å². The second-order valence-electron chi connectivity index (χ2n) is 7.36. The van der Waals surface area contributed by atoms with Crippen molar-refractivity contribution in [3.63, 3.8) is 0 Å². The lowest BCUT2D eigenvalue weighted by atomic mass is 10.0. The topological polar surface area (TPSA) is 171 Å². The van der Waals surface area contributed by atoms with Gasteiger partial charge in [-0.3, -0.25) is 19.2 Å². The number of aliphatic hydroxyl groups excluding tert-OH is 1. The summed E-state index contributed by atoms with van der Waals surface area (Å²) in [6.07, 6.45) is -1.17. The smallest absolute Gasteiger partial charge is 0.322 e. The Morgan fingerprint density at radius 2 is 1.57 bits per heavy atom. The molecule has 0 aliphatic carbocycles. The third-order valence-electron chi connectivity index (χ3n) is 4.41. The molecule has 30 heavy (non-hydrogen) atoms. The van der Waals surface area contributed by atoms with E-state index in [9.17, 15) is 24.3 Å². The van der Waals surface area contributed by atoms with Crippen LogP contribution in [0.25, 0.3) is 0 Å². The maximum Gasteiger partial charge on any atom is 0.322 e. The number of carboxylic acid groups (broad SMARTS) is 1. The zero-order valence-corrected chi connectivity index (χ0v) is 17.3. The van der Waals surface area contributed by atoms with Gasteiger partial charge in [-0.2, -0.15) is 0 Å². The van der Waals surface area contributed by atoms with Crippen LogP contribution in [-0.2, 0) is 25.6 Å². The first-order valence-electron chi connectivity index (χ1n) is 9.60. The van der Waals surface area contributed by atoms with Crippen molar-refractivity contribution >= 4 is 23.7 Å². The zero-order chi connectivity index (χ0) is 22.8. The number of amides is 3. The highest BCUT2D eigenvalue weighted by atomic mass is 16.4. The van der Waals surface area contributed by atoms with Crippen molar-refractivity contribution in [2.24, 2.45) is 11.7 Å². The number of rotatable bonds is 11. The van der Waals surface area contributed by atoms with Crippen molar-refractivity contribution in [2.45, 2.75) is 51.4 Å². The third-order valence-corrected chi connectivity index (χ3v) is 4.41. The molecule has 1 rings (SSSR count). The van der Waals surface area contributed by atoms with E-state index in [0.29, 0.717) is 0 Å². The Morgan fingerprint density at radius 3 is 2.07 bits per heavy atom. The first-order valence-corrected chi connectivity index (χ1v) is 9.60.